The third-order valence-corrected chi connectivity index (χ3v) is 4.41. The molecule has 0 saturated carbocycles. The van der Waals surface area contributed by atoms with E-state index >= 15 is 0 Å². The minimum Gasteiger partial charge on any atom is -0.398 e. The van der Waals surface area contributed by atoms with Gasteiger partial charge in [0.25, 0.3) is 0 Å². The van der Waals surface area contributed by atoms with Gasteiger partial charge in [-0.15, -0.1) is 6.42 Å². The fraction of sp³-hybridized carbons (Fsp3) is 0.273. The lowest BCUT2D eigenvalue weighted by molar-refractivity contribution is 0.539. The molecule has 0 saturated heterocycles. The van der Waals surface area contributed by atoms with E-state index < -0.39 is 21.4 Å². The number of hydrogen-bond donors (Lipinski definition) is 2. The third-order valence-electron chi connectivity index (χ3n) is 2.09. The summed E-state index contributed by atoms with van der Waals surface area (Å²) in [5, 5.41) is 0. The van der Waals surface area contributed by atoms with Crippen molar-refractivity contribution in [2.45, 2.75) is 24.3 Å². The van der Waals surface area contributed by atoms with Gasteiger partial charge in [-0.1, -0.05) is 5.92 Å². The molecule has 0 heterocycles. The maximum atomic E-state index is 13.2. The Bertz CT molecular complexity index is 621. The first-order valence-corrected chi connectivity index (χ1v) is 7.13. The van der Waals surface area contributed by atoms with Crippen LogP contribution in [0.2, 0.25) is 0 Å². The van der Waals surface area contributed by atoms with Crippen molar-refractivity contribution in [1.82, 2.24) is 4.72 Å². The van der Waals surface area contributed by atoms with Crippen molar-refractivity contribution in [3.8, 4) is 12.3 Å². The number of hydrogen-bond acceptors (Lipinski definition) is 3. The topological polar surface area (TPSA) is 72.2 Å². The number of nitrogen functional groups attached to an aromatic ring is 1. The lowest BCUT2D eigenvalue weighted by atomic mass is 10.1. The standard InChI is InChI=1S/C11H12BrFN2O2S/c1-4-11(2,3)15-18(16,17)10-5-7(12)8(13)6-9(10)14/h1,5-6,15H,14H2,2-3H3. The molecule has 0 aliphatic carbocycles. The van der Waals surface area contributed by atoms with E-state index in [-0.39, 0.29) is 15.1 Å². The molecule has 0 radical (unpaired) electrons. The number of sulfonamides is 1. The van der Waals surface area contributed by atoms with Crippen LogP contribution in [0, 0.1) is 18.2 Å². The van der Waals surface area contributed by atoms with Gasteiger partial charge in [0.1, 0.15) is 10.7 Å². The highest BCUT2D eigenvalue weighted by Gasteiger charge is 2.26. The smallest absolute Gasteiger partial charge is 0.243 e. The Hall–Kier alpha value is -1.10. The SMILES string of the molecule is C#CC(C)(C)NS(=O)(=O)c1cc(Br)c(F)cc1N. The van der Waals surface area contributed by atoms with Gasteiger partial charge in [-0.3, -0.25) is 0 Å². The van der Waals surface area contributed by atoms with Crippen LogP contribution >= 0.6 is 15.9 Å². The highest BCUT2D eigenvalue weighted by Crippen LogP contribution is 2.26. The van der Waals surface area contributed by atoms with E-state index in [1.54, 1.807) is 0 Å². The molecule has 0 bridgehead atoms. The first kappa shape index (κ1) is 15.0. The van der Waals surface area contributed by atoms with Crippen LogP contribution in [0.15, 0.2) is 21.5 Å². The van der Waals surface area contributed by atoms with Gasteiger partial charge in [0.15, 0.2) is 0 Å². The third kappa shape index (κ3) is 3.22. The summed E-state index contributed by atoms with van der Waals surface area (Å²) in [6, 6.07) is 2.03. The monoisotopic (exact) mass is 334 g/mol. The molecule has 0 atom stereocenters. The van der Waals surface area contributed by atoms with Crippen molar-refractivity contribution in [3.63, 3.8) is 0 Å². The molecule has 98 valence electrons. The first-order chi connectivity index (χ1) is 8.09. The summed E-state index contributed by atoms with van der Waals surface area (Å²) >= 11 is 2.91. The molecule has 0 amide bonds. The number of rotatable bonds is 3. The summed E-state index contributed by atoms with van der Waals surface area (Å²) < 4.78 is 39.6. The maximum Gasteiger partial charge on any atom is 0.243 e. The minimum absolute atomic E-state index is 0.00980. The van der Waals surface area contributed by atoms with Gasteiger partial charge in [-0.2, -0.15) is 4.72 Å². The van der Waals surface area contributed by atoms with Crippen molar-refractivity contribution in [3.05, 3.63) is 22.4 Å². The van der Waals surface area contributed by atoms with Crippen molar-refractivity contribution in [2.24, 2.45) is 0 Å². The predicted octanol–water partition coefficient (Wildman–Crippen LogP) is 1.86. The summed E-state index contributed by atoms with van der Waals surface area (Å²) in [5.74, 6) is 1.66. The normalized spacial score (nSPS) is 12.2. The van der Waals surface area contributed by atoms with Crippen LogP contribution in [0.3, 0.4) is 0 Å². The highest BCUT2D eigenvalue weighted by molar-refractivity contribution is 9.10. The Morgan fingerprint density at radius 2 is 2.06 bits per heavy atom. The summed E-state index contributed by atoms with van der Waals surface area (Å²) in [6.45, 7) is 3.05. The van der Waals surface area contributed by atoms with Gasteiger partial charge in [0, 0.05) is 0 Å². The lowest BCUT2D eigenvalue weighted by Crippen LogP contribution is -2.42. The zero-order chi connectivity index (χ0) is 14.1. The summed E-state index contributed by atoms with van der Waals surface area (Å²) in [5.41, 5.74) is 4.26. The number of nitrogens with two attached hydrogens (primary N) is 1. The van der Waals surface area contributed by atoms with Gasteiger partial charge >= 0.3 is 0 Å². The molecule has 0 aliphatic rings. The van der Waals surface area contributed by atoms with Crippen LogP contribution in [0.25, 0.3) is 0 Å². The van der Waals surface area contributed by atoms with Crippen LogP contribution in [0.5, 0.6) is 0 Å². The molecule has 0 fully saturated rings. The lowest BCUT2D eigenvalue weighted by Gasteiger charge is -2.20. The van der Waals surface area contributed by atoms with Gasteiger partial charge in [0.2, 0.25) is 10.0 Å². The molecule has 18 heavy (non-hydrogen) atoms. The zero-order valence-corrected chi connectivity index (χ0v) is 12.2. The largest absolute Gasteiger partial charge is 0.398 e. The summed E-state index contributed by atoms with van der Waals surface area (Å²) in [7, 11) is -3.91. The fourth-order valence-electron chi connectivity index (χ4n) is 1.20. The molecule has 1 aromatic rings. The maximum absolute atomic E-state index is 13.2. The second-order valence-corrected chi connectivity index (χ2v) is 6.68. The van der Waals surface area contributed by atoms with Crippen molar-refractivity contribution < 1.29 is 12.8 Å². The zero-order valence-electron chi connectivity index (χ0n) is 9.79. The van der Waals surface area contributed by atoms with Gasteiger partial charge in [0.05, 0.1) is 15.7 Å². The van der Waals surface area contributed by atoms with E-state index in [2.05, 4.69) is 26.6 Å². The van der Waals surface area contributed by atoms with Crippen LogP contribution in [-0.4, -0.2) is 14.0 Å². The Balaban J connectivity index is 3.31. The van der Waals surface area contributed by atoms with Crippen molar-refractivity contribution in [2.75, 3.05) is 5.73 Å². The molecule has 1 rings (SSSR count). The van der Waals surface area contributed by atoms with E-state index in [1.165, 1.54) is 13.8 Å². The van der Waals surface area contributed by atoms with Gasteiger partial charge < -0.3 is 5.73 Å². The van der Waals surface area contributed by atoms with E-state index in [4.69, 9.17) is 12.2 Å². The first-order valence-electron chi connectivity index (χ1n) is 4.85. The summed E-state index contributed by atoms with van der Waals surface area (Å²) in [6.07, 6.45) is 5.21. The molecular formula is C11H12BrFN2O2S. The van der Waals surface area contributed by atoms with E-state index in [0.29, 0.717) is 0 Å². The predicted molar refractivity (Wildman–Crippen MR) is 71.7 cm³/mol. The van der Waals surface area contributed by atoms with Crippen LogP contribution in [-0.2, 0) is 10.0 Å². The Labute approximate surface area is 114 Å². The fourth-order valence-corrected chi connectivity index (χ4v) is 3.17. The van der Waals surface area contributed by atoms with Crippen molar-refractivity contribution in [1.29, 1.82) is 0 Å². The Morgan fingerprint density at radius 3 is 2.56 bits per heavy atom. The number of halogens is 2. The molecule has 3 N–H and O–H groups in total. The second-order valence-electron chi connectivity index (χ2n) is 4.18. The van der Waals surface area contributed by atoms with Gasteiger partial charge in [-0.25, -0.2) is 12.8 Å². The quantitative estimate of drug-likeness (QED) is 0.654. The van der Waals surface area contributed by atoms with Crippen molar-refractivity contribution >= 4 is 31.6 Å². The van der Waals surface area contributed by atoms with E-state index in [1.807, 2.05) is 0 Å². The molecule has 0 aromatic heterocycles. The molecule has 0 unspecified atom stereocenters. The second kappa shape index (κ2) is 4.88. The highest BCUT2D eigenvalue weighted by atomic mass is 79.9. The molecular weight excluding hydrogens is 323 g/mol. The molecule has 0 spiro atoms. The molecule has 1 aromatic carbocycles. The van der Waals surface area contributed by atoms with Crippen LogP contribution < -0.4 is 10.5 Å². The molecule has 0 aliphatic heterocycles. The summed E-state index contributed by atoms with van der Waals surface area (Å²) in [4.78, 5) is -0.223. The molecule has 4 nitrogen and oxygen atoms in total. The molecule has 7 heteroatoms. The minimum atomic E-state index is -3.91. The number of benzene rings is 1. The Kier molecular flexibility index (Phi) is 4.05. The number of nitrogens with one attached hydrogen (secondary N) is 1. The van der Waals surface area contributed by atoms with E-state index in [0.717, 1.165) is 12.1 Å². The van der Waals surface area contributed by atoms with Gasteiger partial charge in [-0.05, 0) is 41.9 Å². The number of anilines is 1. The van der Waals surface area contributed by atoms with E-state index in [9.17, 15) is 12.8 Å². The average Bonchev–Trinajstić information content (AvgIpc) is 2.21. The van der Waals surface area contributed by atoms with Crippen LogP contribution in [0.1, 0.15) is 13.8 Å². The van der Waals surface area contributed by atoms with Crippen LogP contribution in [0.4, 0.5) is 10.1 Å². The Morgan fingerprint density at radius 1 is 1.50 bits per heavy atom. The number of terminal acetylenes is 1. The average molecular weight is 335 g/mol.